The fourth-order valence-electron chi connectivity index (χ4n) is 4.10. The van der Waals surface area contributed by atoms with E-state index in [4.69, 9.17) is 0 Å². The maximum atomic E-state index is 12.8. The summed E-state index contributed by atoms with van der Waals surface area (Å²) in [5, 5.41) is 0. The van der Waals surface area contributed by atoms with E-state index in [2.05, 4.69) is 24.3 Å². The van der Waals surface area contributed by atoms with Gasteiger partial charge in [-0.2, -0.15) is 0 Å². The second kappa shape index (κ2) is 4.86. The van der Waals surface area contributed by atoms with Gasteiger partial charge in [-0.05, 0) is 36.8 Å². The van der Waals surface area contributed by atoms with E-state index in [0.717, 1.165) is 32.2 Å². The fraction of sp³-hybridized carbons (Fsp3) is 0.529. The van der Waals surface area contributed by atoms with Gasteiger partial charge in [0.15, 0.2) is 0 Å². The van der Waals surface area contributed by atoms with Crippen LogP contribution in [0.3, 0.4) is 0 Å². The predicted octanol–water partition coefficient (Wildman–Crippen LogP) is 1.38. The molecule has 0 spiro atoms. The Hall–Kier alpha value is -1.84. The molecular formula is C17H20N2O2. The van der Waals surface area contributed by atoms with E-state index in [1.807, 2.05) is 9.80 Å². The van der Waals surface area contributed by atoms with Crippen LogP contribution in [0.4, 0.5) is 0 Å². The van der Waals surface area contributed by atoms with Crippen molar-refractivity contribution in [3.05, 3.63) is 35.4 Å². The van der Waals surface area contributed by atoms with Gasteiger partial charge >= 0.3 is 0 Å². The van der Waals surface area contributed by atoms with Crippen LogP contribution in [0.25, 0.3) is 0 Å². The van der Waals surface area contributed by atoms with Gasteiger partial charge in [-0.3, -0.25) is 9.59 Å². The summed E-state index contributed by atoms with van der Waals surface area (Å²) < 4.78 is 0. The molecule has 1 unspecified atom stereocenters. The van der Waals surface area contributed by atoms with E-state index < -0.39 is 0 Å². The quantitative estimate of drug-likeness (QED) is 0.781. The topological polar surface area (TPSA) is 40.6 Å². The largest absolute Gasteiger partial charge is 0.337 e. The van der Waals surface area contributed by atoms with Crippen LogP contribution in [-0.2, 0) is 22.4 Å². The normalized spacial score (nSPS) is 26.0. The Kier molecular flexibility index (Phi) is 2.98. The number of fused-ring (bicyclic) bond motifs is 2. The van der Waals surface area contributed by atoms with Gasteiger partial charge in [0.25, 0.3) is 0 Å². The molecule has 0 bridgehead atoms. The Labute approximate surface area is 124 Å². The van der Waals surface area contributed by atoms with Crippen LogP contribution in [-0.4, -0.2) is 46.8 Å². The Bertz CT molecular complexity index is 573. The molecule has 0 N–H and O–H groups in total. The van der Waals surface area contributed by atoms with Gasteiger partial charge in [0.05, 0.1) is 0 Å². The number of carbonyl (C=O) groups excluding carboxylic acids is 2. The van der Waals surface area contributed by atoms with Crippen molar-refractivity contribution in [3.63, 3.8) is 0 Å². The highest BCUT2D eigenvalue weighted by atomic mass is 16.2. The van der Waals surface area contributed by atoms with Crippen LogP contribution in [0.15, 0.2) is 24.3 Å². The van der Waals surface area contributed by atoms with Gasteiger partial charge < -0.3 is 9.80 Å². The minimum atomic E-state index is -0.191. The fourth-order valence-corrected chi connectivity index (χ4v) is 4.10. The van der Waals surface area contributed by atoms with E-state index in [1.165, 1.54) is 11.1 Å². The number of amides is 2. The molecule has 2 fully saturated rings. The van der Waals surface area contributed by atoms with Crippen molar-refractivity contribution < 1.29 is 9.59 Å². The summed E-state index contributed by atoms with van der Waals surface area (Å²) >= 11 is 0. The number of nitrogens with zero attached hydrogens (tertiary/aromatic N) is 2. The van der Waals surface area contributed by atoms with Crippen LogP contribution in [0.5, 0.6) is 0 Å². The summed E-state index contributed by atoms with van der Waals surface area (Å²) in [5.41, 5.74) is 2.71. The molecule has 4 heteroatoms. The molecule has 21 heavy (non-hydrogen) atoms. The molecule has 1 aliphatic carbocycles. The average Bonchev–Trinajstić information content (AvgIpc) is 3.11. The number of hydrogen-bond acceptors (Lipinski definition) is 2. The first-order valence-corrected chi connectivity index (χ1v) is 7.91. The smallest absolute Gasteiger partial charge is 0.245 e. The second-order valence-electron chi connectivity index (χ2n) is 6.36. The number of rotatable bonds is 1. The lowest BCUT2D eigenvalue weighted by Crippen LogP contribution is -2.48. The van der Waals surface area contributed by atoms with Crippen molar-refractivity contribution in [2.75, 3.05) is 13.1 Å². The van der Waals surface area contributed by atoms with Crippen molar-refractivity contribution in [1.29, 1.82) is 0 Å². The van der Waals surface area contributed by atoms with Crippen LogP contribution < -0.4 is 0 Å². The third kappa shape index (κ3) is 2.04. The Morgan fingerprint density at radius 1 is 0.952 bits per heavy atom. The summed E-state index contributed by atoms with van der Waals surface area (Å²) in [7, 11) is 0. The lowest BCUT2D eigenvalue weighted by molar-refractivity contribution is -0.140. The SMILES string of the molecule is O=C1C2CCCN2C(=O)CCN1C1Cc2ccccc2C1. The summed E-state index contributed by atoms with van der Waals surface area (Å²) in [6.45, 7) is 1.34. The monoisotopic (exact) mass is 284 g/mol. The molecule has 2 saturated heterocycles. The standard InChI is InChI=1S/C17H20N2O2/c20-16-7-9-18(17(21)15-6-3-8-19(15)16)14-10-12-4-1-2-5-13(12)11-14/h1-2,4-5,14-15H,3,6-11H2. The minimum Gasteiger partial charge on any atom is -0.337 e. The van der Waals surface area contributed by atoms with E-state index in [9.17, 15) is 9.59 Å². The molecule has 2 heterocycles. The molecule has 110 valence electrons. The molecule has 0 aromatic heterocycles. The molecule has 4 nitrogen and oxygen atoms in total. The van der Waals surface area contributed by atoms with E-state index in [-0.39, 0.29) is 23.9 Å². The highest BCUT2D eigenvalue weighted by Gasteiger charge is 2.42. The zero-order chi connectivity index (χ0) is 14.4. The molecule has 2 amide bonds. The lowest BCUT2D eigenvalue weighted by Gasteiger charge is -2.30. The molecule has 2 aliphatic heterocycles. The third-order valence-corrected chi connectivity index (χ3v) is 5.18. The second-order valence-corrected chi connectivity index (χ2v) is 6.36. The molecule has 1 aromatic carbocycles. The summed E-state index contributed by atoms with van der Waals surface area (Å²) in [6, 6.07) is 8.49. The van der Waals surface area contributed by atoms with E-state index in [1.54, 1.807) is 0 Å². The van der Waals surface area contributed by atoms with Gasteiger partial charge in [-0.25, -0.2) is 0 Å². The number of hydrogen-bond donors (Lipinski definition) is 0. The van der Waals surface area contributed by atoms with Gasteiger partial charge in [-0.15, -0.1) is 0 Å². The van der Waals surface area contributed by atoms with Crippen LogP contribution >= 0.6 is 0 Å². The molecule has 1 atom stereocenters. The zero-order valence-electron chi connectivity index (χ0n) is 12.1. The molecule has 0 saturated carbocycles. The lowest BCUT2D eigenvalue weighted by atomic mass is 10.1. The molecular weight excluding hydrogens is 264 g/mol. The van der Waals surface area contributed by atoms with Gasteiger partial charge in [0.2, 0.25) is 11.8 Å². The minimum absolute atomic E-state index is 0.156. The average molecular weight is 284 g/mol. The Morgan fingerprint density at radius 2 is 1.67 bits per heavy atom. The Morgan fingerprint density at radius 3 is 2.38 bits per heavy atom. The summed E-state index contributed by atoms with van der Waals surface area (Å²) in [6.07, 6.45) is 4.14. The van der Waals surface area contributed by atoms with Crippen LogP contribution in [0, 0.1) is 0 Å². The van der Waals surface area contributed by atoms with Crippen LogP contribution in [0.2, 0.25) is 0 Å². The first-order valence-electron chi connectivity index (χ1n) is 7.91. The maximum absolute atomic E-state index is 12.8. The van der Waals surface area contributed by atoms with E-state index in [0.29, 0.717) is 13.0 Å². The van der Waals surface area contributed by atoms with Crippen molar-refractivity contribution >= 4 is 11.8 Å². The highest BCUT2D eigenvalue weighted by molar-refractivity contribution is 5.90. The first kappa shape index (κ1) is 12.9. The predicted molar refractivity (Wildman–Crippen MR) is 78.7 cm³/mol. The molecule has 3 aliphatic rings. The maximum Gasteiger partial charge on any atom is 0.245 e. The molecule has 1 aromatic rings. The van der Waals surface area contributed by atoms with Crippen LogP contribution in [0.1, 0.15) is 30.4 Å². The van der Waals surface area contributed by atoms with Crippen molar-refractivity contribution in [2.45, 2.75) is 44.2 Å². The van der Waals surface area contributed by atoms with Gasteiger partial charge in [-0.1, -0.05) is 24.3 Å². The molecule has 4 rings (SSSR count). The number of benzene rings is 1. The highest BCUT2D eigenvalue weighted by Crippen LogP contribution is 2.30. The van der Waals surface area contributed by atoms with Gasteiger partial charge in [0, 0.05) is 25.6 Å². The Balaban J connectivity index is 1.58. The third-order valence-electron chi connectivity index (χ3n) is 5.18. The summed E-state index contributed by atoms with van der Waals surface area (Å²) in [5.74, 6) is 0.333. The molecule has 0 radical (unpaired) electrons. The summed E-state index contributed by atoms with van der Waals surface area (Å²) in [4.78, 5) is 28.8. The zero-order valence-corrected chi connectivity index (χ0v) is 12.1. The van der Waals surface area contributed by atoms with Crippen molar-refractivity contribution in [1.82, 2.24) is 9.80 Å². The first-order chi connectivity index (χ1) is 10.2. The van der Waals surface area contributed by atoms with Gasteiger partial charge in [0.1, 0.15) is 6.04 Å². The van der Waals surface area contributed by atoms with Crippen molar-refractivity contribution in [2.24, 2.45) is 0 Å². The van der Waals surface area contributed by atoms with E-state index >= 15 is 0 Å². The number of carbonyl (C=O) groups is 2. The van der Waals surface area contributed by atoms with Crippen molar-refractivity contribution in [3.8, 4) is 0 Å².